The van der Waals surface area contributed by atoms with Gasteiger partial charge >= 0.3 is 0 Å². The van der Waals surface area contributed by atoms with Crippen LogP contribution in [0.4, 0.5) is 20.2 Å². The van der Waals surface area contributed by atoms with Crippen molar-refractivity contribution in [1.82, 2.24) is 9.88 Å². The number of rotatable bonds is 13. The van der Waals surface area contributed by atoms with E-state index < -0.39 is 28.9 Å². The monoisotopic (exact) mass is 660 g/mol. The second kappa shape index (κ2) is 13.9. The first-order valence-corrected chi connectivity index (χ1v) is 15.5. The van der Waals surface area contributed by atoms with Crippen LogP contribution in [0.2, 0.25) is 0 Å². The van der Waals surface area contributed by atoms with Gasteiger partial charge in [-0.2, -0.15) is 0 Å². The lowest BCUT2D eigenvalue weighted by atomic mass is 10.00. The van der Waals surface area contributed by atoms with Gasteiger partial charge in [0.1, 0.15) is 17.0 Å². The molecule has 2 heterocycles. The van der Waals surface area contributed by atoms with Crippen molar-refractivity contribution >= 4 is 40.6 Å². The molecule has 0 spiro atoms. The molecule has 48 heavy (non-hydrogen) atoms. The van der Waals surface area contributed by atoms with Gasteiger partial charge in [-0.1, -0.05) is 6.92 Å². The van der Waals surface area contributed by atoms with Crippen molar-refractivity contribution in [2.24, 2.45) is 17.1 Å². The summed E-state index contributed by atoms with van der Waals surface area (Å²) in [4.78, 5) is 45.3. The maximum atomic E-state index is 15.7. The number of benzene rings is 3. The van der Waals surface area contributed by atoms with E-state index in [9.17, 15) is 18.8 Å². The van der Waals surface area contributed by atoms with E-state index in [1.54, 1.807) is 13.0 Å². The molecule has 1 saturated carbocycles. The highest BCUT2D eigenvalue weighted by Gasteiger charge is 2.64. The molecule has 6 rings (SSSR count). The predicted molar refractivity (Wildman–Crippen MR) is 171 cm³/mol. The molecule has 13 heteroatoms. The minimum absolute atomic E-state index is 0.0906. The summed E-state index contributed by atoms with van der Waals surface area (Å²) in [5.41, 5.74) is 4.96. The molecule has 1 aliphatic heterocycles. The van der Waals surface area contributed by atoms with E-state index in [2.05, 4.69) is 9.88 Å². The van der Waals surface area contributed by atoms with Gasteiger partial charge in [0.2, 0.25) is 11.8 Å². The topological polar surface area (TPSA) is 134 Å². The number of ether oxygens (including phenoxy) is 4. The van der Waals surface area contributed by atoms with Crippen molar-refractivity contribution in [2.45, 2.75) is 19.8 Å². The Morgan fingerprint density at radius 1 is 1.02 bits per heavy atom. The van der Waals surface area contributed by atoms with Gasteiger partial charge < -0.3 is 24.7 Å². The lowest BCUT2D eigenvalue weighted by molar-refractivity contribution is -0.134. The van der Waals surface area contributed by atoms with Gasteiger partial charge in [-0.25, -0.2) is 8.78 Å². The van der Waals surface area contributed by atoms with Gasteiger partial charge in [0.25, 0.3) is 6.47 Å². The molecule has 2 atom stereocenters. The van der Waals surface area contributed by atoms with E-state index in [0.717, 1.165) is 49.2 Å². The molecular weight excluding hydrogens is 626 g/mol. The zero-order valence-electron chi connectivity index (χ0n) is 26.2. The zero-order valence-corrected chi connectivity index (χ0v) is 26.2. The first kappa shape index (κ1) is 32.8. The van der Waals surface area contributed by atoms with Crippen LogP contribution >= 0.6 is 0 Å². The third-order valence-electron chi connectivity index (χ3n) is 8.73. The molecule has 0 unspecified atom stereocenters. The molecule has 3 aromatic carbocycles. The highest BCUT2D eigenvalue weighted by molar-refractivity contribution is 6.17. The summed E-state index contributed by atoms with van der Waals surface area (Å²) in [5, 5.41) is 0.424. The number of carbonyl (C=O) groups excluding carboxylic acids is 3. The number of morpholine rings is 1. The number of aromatic nitrogens is 1. The number of amides is 2. The number of nitrogens with two attached hydrogens (primary N) is 1. The van der Waals surface area contributed by atoms with Crippen LogP contribution in [0.25, 0.3) is 10.9 Å². The molecule has 1 aromatic heterocycles. The fourth-order valence-corrected chi connectivity index (χ4v) is 5.94. The average Bonchev–Trinajstić information content (AvgIpc) is 3.78. The number of halogens is 2. The molecule has 2 aliphatic rings. The van der Waals surface area contributed by atoms with Crippen molar-refractivity contribution in [2.75, 3.05) is 44.4 Å². The van der Waals surface area contributed by atoms with E-state index in [-0.39, 0.29) is 47.4 Å². The SMILES string of the molecule is C[C@@H]1C[C@@]1(C(N)=O)C(=O)N(c1ccc(F)cc1)c1ccc(Oc2ccnc3cc(OCCCN4CCOCC4)c(OC=O)cc23)c(F)c1. The number of primary amides is 1. The zero-order chi connectivity index (χ0) is 33.8. The molecule has 2 N–H and O–H groups in total. The first-order valence-electron chi connectivity index (χ1n) is 15.5. The molecule has 2 fully saturated rings. The van der Waals surface area contributed by atoms with Crippen LogP contribution in [0, 0.1) is 23.0 Å². The van der Waals surface area contributed by atoms with Crippen LogP contribution in [0.15, 0.2) is 66.9 Å². The van der Waals surface area contributed by atoms with Gasteiger partial charge in [0, 0.05) is 49.0 Å². The summed E-state index contributed by atoms with van der Waals surface area (Å²) in [6.45, 7) is 6.38. The Hall–Kier alpha value is -5.14. The van der Waals surface area contributed by atoms with Crippen molar-refractivity contribution in [3.05, 3.63) is 78.5 Å². The first-order chi connectivity index (χ1) is 23.2. The second-order valence-corrected chi connectivity index (χ2v) is 11.8. The Labute approximate surface area is 275 Å². The molecule has 1 aliphatic carbocycles. The Morgan fingerprint density at radius 3 is 2.42 bits per heavy atom. The number of nitrogens with zero attached hydrogens (tertiary/aromatic N) is 3. The minimum Gasteiger partial charge on any atom is -0.490 e. The van der Waals surface area contributed by atoms with Gasteiger partial charge in [-0.15, -0.1) is 0 Å². The van der Waals surface area contributed by atoms with Crippen LogP contribution in [0.3, 0.4) is 0 Å². The summed E-state index contributed by atoms with van der Waals surface area (Å²) in [7, 11) is 0. The molecule has 0 radical (unpaired) electrons. The van der Waals surface area contributed by atoms with Crippen LogP contribution in [-0.2, 0) is 19.1 Å². The standard InChI is InChI=1S/C35H34F2N4O7/c1-22-20-35(22,33(38)43)34(44)41(24-5-3-23(36)4-6-24)25-7-8-30(27(37)17-25)48-29-9-10-39-28-19-32(31(47-21-42)18-26(28)29)46-14-2-11-40-12-15-45-16-13-40/h3-10,17-19,21-22H,2,11-16,20H2,1H3,(H2,38,43)/t22-,35-/m1/s1. The predicted octanol–water partition coefficient (Wildman–Crippen LogP) is 5.12. The van der Waals surface area contributed by atoms with Gasteiger partial charge in [0.05, 0.1) is 31.0 Å². The molecular formula is C35H34F2N4O7. The number of pyridine rings is 1. The van der Waals surface area contributed by atoms with Crippen LogP contribution in [0.1, 0.15) is 19.8 Å². The quantitative estimate of drug-likeness (QED) is 0.118. The van der Waals surface area contributed by atoms with Crippen molar-refractivity contribution < 1.29 is 42.1 Å². The van der Waals surface area contributed by atoms with Crippen molar-refractivity contribution in [1.29, 1.82) is 0 Å². The lowest BCUT2D eigenvalue weighted by Gasteiger charge is -2.27. The van der Waals surface area contributed by atoms with Crippen molar-refractivity contribution in [3.63, 3.8) is 0 Å². The molecule has 4 aromatic rings. The van der Waals surface area contributed by atoms with Gasteiger partial charge in [-0.3, -0.25) is 29.2 Å². The van der Waals surface area contributed by atoms with Crippen molar-refractivity contribution in [3.8, 4) is 23.0 Å². The van der Waals surface area contributed by atoms with Crippen LogP contribution in [-0.4, -0.2) is 67.6 Å². The summed E-state index contributed by atoms with van der Waals surface area (Å²) < 4.78 is 52.0. The Kier molecular flexibility index (Phi) is 9.51. The third kappa shape index (κ3) is 6.64. The Bertz CT molecular complexity index is 1830. The van der Waals surface area contributed by atoms with E-state index in [1.807, 2.05) is 0 Å². The molecule has 0 bridgehead atoms. The number of hydrogen-bond acceptors (Lipinski definition) is 9. The summed E-state index contributed by atoms with van der Waals surface area (Å²) >= 11 is 0. The normalized spacial score (nSPS) is 19.0. The van der Waals surface area contributed by atoms with E-state index >= 15 is 4.39 Å². The number of carbonyl (C=O) groups is 3. The second-order valence-electron chi connectivity index (χ2n) is 11.8. The average molecular weight is 661 g/mol. The smallest absolute Gasteiger partial charge is 0.298 e. The maximum Gasteiger partial charge on any atom is 0.298 e. The number of hydrogen-bond donors (Lipinski definition) is 1. The third-order valence-corrected chi connectivity index (χ3v) is 8.73. The fraction of sp³-hybridized carbons (Fsp3) is 0.314. The molecule has 1 saturated heterocycles. The molecule has 2 amide bonds. The van der Waals surface area contributed by atoms with E-state index in [1.165, 1.54) is 42.6 Å². The van der Waals surface area contributed by atoms with Crippen LogP contribution < -0.4 is 24.8 Å². The summed E-state index contributed by atoms with van der Waals surface area (Å²) in [5.74, 6) is -2.58. The minimum atomic E-state index is -1.46. The highest BCUT2D eigenvalue weighted by Crippen LogP contribution is 2.54. The molecule has 250 valence electrons. The van der Waals surface area contributed by atoms with Crippen LogP contribution in [0.5, 0.6) is 23.0 Å². The lowest BCUT2D eigenvalue weighted by Crippen LogP contribution is -2.42. The summed E-state index contributed by atoms with van der Waals surface area (Å²) in [6.07, 6.45) is 2.48. The van der Waals surface area contributed by atoms with E-state index in [0.29, 0.717) is 36.5 Å². The maximum absolute atomic E-state index is 15.7. The number of fused-ring (bicyclic) bond motifs is 1. The number of anilines is 2. The largest absolute Gasteiger partial charge is 0.490 e. The Morgan fingerprint density at radius 2 is 1.75 bits per heavy atom. The highest BCUT2D eigenvalue weighted by atomic mass is 19.1. The van der Waals surface area contributed by atoms with E-state index in [4.69, 9.17) is 24.7 Å². The summed E-state index contributed by atoms with van der Waals surface area (Å²) in [6, 6.07) is 13.6. The van der Waals surface area contributed by atoms with Gasteiger partial charge in [-0.05, 0) is 67.3 Å². The Balaban J connectivity index is 1.25. The molecule has 11 nitrogen and oxygen atoms in total. The fourth-order valence-electron chi connectivity index (χ4n) is 5.94. The van der Waals surface area contributed by atoms with Gasteiger partial charge in [0.15, 0.2) is 23.1 Å².